The van der Waals surface area contributed by atoms with E-state index >= 15 is 0 Å². The molecule has 0 radical (unpaired) electrons. The zero-order valence-corrected chi connectivity index (χ0v) is 11.6. The zero-order chi connectivity index (χ0) is 13.4. The van der Waals surface area contributed by atoms with Crippen molar-refractivity contribution in [1.29, 1.82) is 0 Å². The van der Waals surface area contributed by atoms with Crippen LogP contribution in [0.1, 0.15) is 51.8 Å². The van der Waals surface area contributed by atoms with Crippen molar-refractivity contribution in [2.75, 3.05) is 0 Å². The van der Waals surface area contributed by atoms with Crippen LogP contribution in [0, 0.1) is 0 Å². The topological polar surface area (TPSA) is 46.1 Å². The zero-order valence-electron chi connectivity index (χ0n) is 11.6. The summed E-state index contributed by atoms with van der Waals surface area (Å²) in [5.41, 5.74) is 0. The summed E-state index contributed by atoms with van der Waals surface area (Å²) in [4.78, 5) is 10.5. The van der Waals surface area contributed by atoms with Gasteiger partial charge in [-0.3, -0.25) is 4.79 Å². The molecule has 0 fully saturated rings. The monoisotopic (exact) mass is 253 g/mol. The Morgan fingerprint density at radius 1 is 1.33 bits per heavy atom. The summed E-state index contributed by atoms with van der Waals surface area (Å²) in [5.74, 6) is 0.620. The molecule has 102 valence electrons. The van der Waals surface area contributed by atoms with Crippen LogP contribution in [-0.4, -0.2) is 15.6 Å². The second-order valence-electron chi connectivity index (χ2n) is 4.70. The van der Waals surface area contributed by atoms with Crippen LogP contribution in [0.5, 0.6) is 0 Å². The highest BCUT2D eigenvalue weighted by Gasteiger charge is 2.15. The number of carboxylic acid groups (broad SMARTS) is 1. The number of unbranched alkanes of at least 4 members (excludes halogenated alkanes) is 1. The lowest BCUT2D eigenvalue weighted by Gasteiger charge is -2.03. The Labute approximate surface area is 109 Å². The third-order valence-corrected chi connectivity index (χ3v) is 3.11. The fraction of sp³-hybridized carbons (Fsp3) is 0.714. The van der Waals surface area contributed by atoms with Crippen molar-refractivity contribution < 1.29 is 14.5 Å². The van der Waals surface area contributed by atoms with Gasteiger partial charge in [0, 0.05) is 12.8 Å². The first kappa shape index (κ1) is 14.7. The molecule has 0 saturated heterocycles. The molecule has 1 rings (SSSR count). The molecule has 1 N–H and O–H groups in total. The number of hydrogen-bond acceptors (Lipinski definition) is 1. The van der Waals surface area contributed by atoms with Gasteiger partial charge < -0.3 is 5.11 Å². The summed E-state index contributed by atoms with van der Waals surface area (Å²) in [7, 11) is 0. The Morgan fingerprint density at radius 2 is 2.11 bits per heavy atom. The van der Waals surface area contributed by atoms with Gasteiger partial charge in [-0.05, 0) is 19.3 Å². The second-order valence-corrected chi connectivity index (χ2v) is 4.70. The van der Waals surface area contributed by atoms with E-state index in [0.29, 0.717) is 6.42 Å². The van der Waals surface area contributed by atoms with Gasteiger partial charge in [0.2, 0.25) is 0 Å². The van der Waals surface area contributed by atoms with Crippen molar-refractivity contribution in [2.24, 2.45) is 0 Å². The number of rotatable bonds is 9. The number of carboxylic acids is 1. The molecule has 1 aromatic rings. The smallest absolute Gasteiger partial charge is 0.303 e. The maximum atomic E-state index is 10.5. The number of aryl methyl sites for hydroxylation is 2. The van der Waals surface area contributed by atoms with E-state index in [-0.39, 0.29) is 6.42 Å². The predicted octanol–water partition coefficient (Wildman–Crippen LogP) is 2.39. The summed E-state index contributed by atoms with van der Waals surface area (Å²) in [6, 6.07) is 0. The minimum atomic E-state index is -0.710. The minimum absolute atomic E-state index is 0.249. The average molecular weight is 253 g/mol. The summed E-state index contributed by atoms with van der Waals surface area (Å²) >= 11 is 0. The van der Waals surface area contributed by atoms with Crippen LogP contribution in [0.4, 0.5) is 0 Å². The molecule has 0 amide bonds. The summed E-state index contributed by atoms with van der Waals surface area (Å²) < 4.78 is 4.52. The van der Waals surface area contributed by atoms with Gasteiger partial charge in [-0.2, -0.15) is 0 Å². The van der Waals surface area contributed by atoms with Crippen molar-refractivity contribution in [1.82, 2.24) is 4.57 Å². The molecule has 0 aromatic carbocycles. The van der Waals surface area contributed by atoms with E-state index in [2.05, 4.69) is 35.4 Å². The fourth-order valence-corrected chi connectivity index (χ4v) is 2.15. The number of nitrogens with zero attached hydrogens (tertiary/aromatic N) is 2. The summed E-state index contributed by atoms with van der Waals surface area (Å²) in [5, 5.41) is 8.67. The van der Waals surface area contributed by atoms with E-state index in [9.17, 15) is 4.79 Å². The first-order valence-electron chi connectivity index (χ1n) is 6.98. The van der Waals surface area contributed by atoms with Crippen LogP contribution in [0.2, 0.25) is 0 Å². The maximum absolute atomic E-state index is 10.5. The first-order chi connectivity index (χ1) is 8.69. The molecule has 0 aliphatic heterocycles. The fourth-order valence-electron chi connectivity index (χ4n) is 2.15. The van der Waals surface area contributed by atoms with Gasteiger partial charge >= 0.3 is 5.97 Å². The molecule has 4 nitrogen and oxygen atoms in total. The van der Waals surface area contributed by atoms with Gasteiger partial charge in [-0.25, -0.2) is 9.13 Å². The lowest BCUT2D eigenvalue weighted by Crippen LogP contribution is -2.37. The quantitative estimate of drug-likeness (QED) is 0.687. The van der Waals surface area contributed by atoms with Gasteiger partial charge in [0.25, 0.3) is 5.82 Å². The molecular weight excluding hydrogens is 228 g/mol. The Hall–Kier alpha value is -1.32. The summed E-state index contributed by atoms with van der Waals surface area (Å²) in [6.07, 6.45) is 9.74. The van der Waals surface area contributed by atoms with Crippen molar-refractivity contribution in [3.05, 3.63) is 18.2 Å². The number of hydrogen-bond donors (Lipinski definition) is 1. The molecule has 0 saturated carbocycles. The molecule has 0 aliphatic carbocycles. The molecule has 0 spiro atoms. The number of aliphatic carboxylic acids is 1. The average Bonchev–Trinajstić information content (AvgIpc) is 2.70. The van der Waals surface area contributed by atoms with Gasteiger partial charge in [-0.15, -0.1) is 0 Å². The van der Waals surface area contributed by atoms with Gasteiger partial charge in [0.1, 0.15) is 12.4 Å². The first-order valence-corrected chi connectivity index (χ1v) is 6.98. The van der Waals surface area contributed by atoms with Gasteiger partial charge in [-0.1, -0.05) is 20.3 Å². The maximum Gasteiger partial charge on any atom is 0.303 e. The number of aromatic nitrogens is 2. The number of carbonyl (C=O) groups is 1. The Bertz CT molecular complexity index is 372. The Balaban J connectivity index is 2.64. The largest absolute Gasteiger partial charge is 0.481 e. The van der Waals surface area contributed by atoms with Crippen LogP contribution >= 0.6 is 0 Å². The van der Waals surface area contributed by atoms with E-state index in [1.54, 1.807) is 0 Å². The van der Waals surface area contributed by atoms with E-state index in [0.717, 1.165) is 25.9 Å². The van der Waals surface area contributed by atoms with Crippen molar-refractivity contribution in [3.63, 3.8) is 0 Å². The van der Waals surface area contributed by atoms with E-state index in [1.807, 2.05) is 0 Å². The van der Waals surface area contributed by atoms with Crippen LogP contribution in [0.25, 0.3) is 0 Å². The van der Waals surface area contributed by atoms with Crippen LogP contribution in [0.15, 0.2) is 12.4 Å². The summed E-state index contributed by atoms with van der Waals surface area (Å²) in [6.45, 7) is 6.25. The lowest BCUT2D eigenvalue weighted by atomic mass is 10.2. The van der Waals surface area contributed by atoms with E-state index < -0.39 is 5.97 Å². The van der Waals surface area contributed by atoms with Crippen molar-refractivity contribution in [2.45, 2.75) is 65.5 Å². The highest BCUT2D eigenvalue weighted by Crippen LogP contribution is 2.04. The van der Waals surface area contributed by atoms with Crippen LogP contribution in [0.3, 0.4) is 0 Å². The predicted molar refractivity (Wildman–Crippen MR) is 70.4 cm³/mol. The van der Waals surface area contributed by atoms with E-state index in [4.69, 9.17) is 5.11 Å². The molecule has 0 atom stereocenters. The third-order valence-electron chi connectivity index (χ3n) is 3.11. The number of imidazole rings is 1. The molecule has 0 bridgehead atoms. The third kappa shape index (κ3) is 4.51. The molecular formula is C14H25N2O2+. The molecule has 18 heavy (non-hydrogen) atoms. The normalized spacial score (nSPS) is 10.8. The van der Waals surface area contributed by atoms with E-state index in [1.165, 1.54) is 18.7 Å². The highest BCUT2D eigenvalue weighted by atomic mass is 16.4. The minimum Gasteiger partial charge on any atom is -0.481 e. The SMILES string of the molecule is CCCCn1cc[n+](CCCC(=O)O)c1CCC. The standard InChI is InChI=1S/C14H24N2O2/c1-3-5-9-15-11-12-16(13(15)7-4-2)10-6-8-14(17)18/h11-12H,3-10H2,1-2H3/p+1. The Kier molecular flexibility index (Phi) is 6.47. The highest BCUT2D eigenvalue weighted by molar-refractivity contribution is 5.66. The van der Waals surface area contributed by atoms with Crippen LogP contribution in [-0.2, 0) is 24.3 Å². The molecule has 1 aromatic heterocycles. The van der Waals surface area contributed by atoms with Gasteiger partial charge in [0.15, 0.2) is 0 Å². The second kappa shape index (κ2) is 7.90. The lowest BCUT2D eigenvalue weighted by molar-refractivity contribution is -0.704. The van der Waals surface area contributed by atoms with Crippen molar-refractivity contribution >= 4 is 5.97 Å². The van der Waals surface area contributed by atoms with Crippen LogP contribution < -0.4 is 4.57 Å². The molecule has 0 aliphatic rings. The van der Waals surface area contributed by atoms with Crippen molar-refractivity contribution in [3.8, 4) is 0 Å². The molecule has 0 unspecified atom stereocenters. The molecule has 4 heteroatoms. The van der Waals surface area contributed by atoms with Gasteiger partial charge in [0.05, 0.1) is 13.1 Å². The Morgan fingerprint density at radius 3 is 2.72 bits per heavy atom. The molecule has 1 heterocycles.